The Morgan fingerprint density at radius 2 is 1.94 bits per heavy atom. The summed E-state index contributed by atoms with van der Waals surface area (Å²) >= 11 is 0. The molecular formula is C10H7F2N3O. The molecule has 0 bridgehead atoms. The van der Waals surface area contributed by atoms with Crippen LogP contribution < -0.4 is 10.9 Å². The van der Waals surface area contributed by atoms with Crippen molar-refractivity contribution < 1.29 is 8.78 Å². The van der Waals surface area contributed by atoms with Gasteiger partial charge in [-0.05, 0) is 18.2 Å². The normalized spacial score (nSPS) is 10.1. The van der Waals surface area contributed by atoms with Crippen LogP contribution in [0.4, 0.5) is 20.3 Å². The highest BCUT2D eigenvalue weighted by Gasteiger charge is 2.02. The predicted octanol–water partition coefficient (Wildman–Crippen LogP) is 1.79. The summed E-state index contributed by atoms with van der Waals surface area (Å²) in [5.74, 6) is -1.53. The van der Waals surface area contributed by atoms with Gasteiger partial charge in [-0.2, -0.15) is 5.10 Å². The van der Waals surface area contributed by atoms with E-state index in [1.54, 1.807) is 0 Å². The van der Waals surface area contributed by atoms with Crippen LogP contribution in [0, 0.1) is 11.6 Å². The number of H-pyrrole nitrogens is 1. The first-order chi connectivity index (χ1) is 7.65. The quantitative estimate of drug-likeness (QED) is 0.816. The molecule has 0 spiro atoms. The van der Waals surface area contributed by atoms with Crippen LogP contribution in [0.2, 0.25) is 0 Å². The first-order valence-electron chi connectivity index (χ1n) is 4.43. The Morgan fingerprint density at radius 3 is 2.56 bits per heavy atom. The van der Waals surface area contributed by atoms with Crippen LogP contribution in [0.15, 0.2) is 35.1 Å². The molecule has 16 heavy (non-hydrogen) atoms. The lowest BCUT2D eigenvalue weighted by Crippen LogP contribution is -2.07. The van der Waals surface area contributed by atoms with E-state index in [0.717, 1.165) is 12.1 Å². The minimum absolute atomic E-state index is 0.337. The van der Waals surface area contributed by atoms with Crippen LogP contribution in [0.3, 0.4) is 0 Å². The molecule has 2 aromatic rings. The van der Waals surface area contributed by atoms with E-state index < -0.39 is 11.6 Å². The van der Waals surface area contributed by atoms with Gasteiger partial charge in [-0.3, -0.25) is 4.79 Å². The van der Waals surface area contributed by atoms with Gasteiger partial charge in [0.15, 0.2) is 17.5 Å². The van der Waals surface area contributed by atoms with Crippen molar-refractivity contribution in [3.05, 3.63) is 52.3 Å². The molecule has 0 amide bonds. The zero-order valence-electron chi connectivity index (χ0n) is 8.00. The van der Waals surface area contributed by atoms with E-state index in [2.05, 4.69) is 15.5 Å². The molecule has 2 N–H and O–H groups in total. The number of nitrogens with zero attached hydrogens (tertiary/aromatic N) is 1. The number of aromatic nitrogens is 2. The minimum Gasteiger partial charge on any atom is -0.339 e. The number of hydrogen-bond acceptors (Lipinski definition) is 3. The molecule has 0 saturated carbocycles. The first kappa shape index (κ1) is 10.3. The lowest BCUT2D eigenvalue weighted by Gasteiger charge is -2.04. The smallest absolute Gasteiger partial charge is 0.264 e. The van der Waals surface area contributed by atoms with Gasteiger partial charge < -0.3 is 5.32 Å². The number of halogens is 2. The molecule has 0 aliphatic heterocycles. The molecule has 0 radical (unpaired) electrons. The fourth-order valence-corrected chi connectivity index (χ4v) is 1.14. The maximum Gasteiger partial charge on any atom is 0.264 e. The molecule has 0 saturated heterocycles. The number of aromatic amines is 1. The van der Waals surface area contributed by atoms with Gasteiger partial charge in [0.05, 0.1) is 0 Å². The fourth-order valence-electron chi connectivity index (χ4n) is 1.14. The maximum atomic E-state index is 12.9. The molecule has 0 aliphatic rings. The van der Waals surface area contributed by atoms with E-state index >= 15 is 0 Å². The van der Waals surface area contributed by atoms with Gasteiger partial charge in [0.1, 0.15) is 0 Å². The molecular weight excluding hydrogens is 216 g/mol. The van der Waals surface area contributed by atoms with E-state index in [1.807, 2.05) is 0 Å². The maximum absolute atomic E-state index is 12.9. The Kier molecular flexibility index (Phi) is 2.63. The molecule has 2 rings (SSSR count). The van der Waals surface area contributed by atoms with Crippen molar-refractivity contribution in [2.45, 2.75) is 0 Å². The second-order valence-corrected chi connectivity index (χ2v) is 3.06. The average Bonchev–Trinajstić information content (AvgIpc) is 2.27. The van der Waals surface area contributed by atoms with Crippen molar-refractivity contribution in [2.24, 2.45) is 0 Å². The third kappa shape index (κ3) is 2.22. The molecule has 1 aromatic carbocycles. The van der Waals surface area contributed by atoms with E-state index in [-0.39, 0.29) is 5.56 Å². The molecule has 0 atom stereocenters. The van der Waals surface area contributed by atoms with Crippen molar-refractivity contribution in [2.75, 3.05) is 5.32 Å². The number of hydrogen-bond donors (Lipinski definition) is 2. The monoisotopic (exact) mass is 223 g/mol. The highest BCUT2D eigenvalue weighted by Crippen LogP contribution is 2.16. The summed E-state index contributed by atoms with van der Waals surface area (Å²) in [6, 6.07) is 6.08. The number of nitrogens with one attached hydrogen (secondary N) is 2. The zero-order valence-corrected chi connectivity index (χ0v) is 8.00. The number of rotatable bonds is 2. The Morgan fingerprint density at radius 1 is 1.12 bits per heavy atom. The Hall–Kier alpha value is -2.24. The van der Waals surface area contributed by atoms with Crippen LogP contribution in [0.25, 0.3) is 0 Å². The van der Waals surface area contributed by atoms with Gasteiger partial charge in [0.25, 0.3) is 5.56 Å². The van der Waals surface area contributed by atoms with Gasteiger partial charge in [0, 0.05) is 17.8 Å². The summed E-state index contributed by atoms with van der Waals surface area (Å²) in [6.07, 6.45) is 0. The number of benzene rings is 1. The van der Waals surface area contributed by atoms with Crippen molar-refractivity contribution in [1.29, 1.82) is 0 Å². The third-order valence-electron chi connectivity index (χ3n) is 1.87. The van der Waals surface area contributed by atoms with Gasteiger partial charge in [-0.1, -0.05) is 0 Å². The van der Waals surface area contributed by atoms with Crippen LogP contribution in [0.1, 0.15) is 0 Å². The lowest BCUT2D eigenvalue weighted by atomic mass is 10.3. The van der Waals surface area contributed by atoms with Gasteiger partial charge in [0.2, 0.25) is 0 Å². The lowest BCUT2D eigenvalue weighted by molar-refractivity contribution is 0.509. The van der Waals surface area contributed by atoms with Gasteiger partial charge >= 0.3 is 0 Å². The molecule has 0 unspecified atom stereocenters. The highest BCUT2D eigenvalue weighted by molar-refractivity contribution is 5.55. The summed E-state index contributed by atoms with van der Waals surface area (Å²) in [5.41, 5.74) is 0.00860. The molecule has 6 heteroatoms. The largest absolute Gasteiger partial charge is 0.339 e. The van der Waals surface area contributed by atoms with Crippen molar-refractivity contribution in [3.63, 3.8) is 0 Å². The Bertz CT molecular complexity index is 548. The van der Waals surface area contributed by atoms with E-state index in [1.165, 1.54) is 18.2 Å². The number of anilines is 2. The minimum atomic E-state index is -0.950. The molecule has 0 aliphatic carbocycles. The summed E-state index contributed by atoms with van der Waals surface area (Å²) in [4.78, 5) is 10.7. The zero-order chi connectivity index (χ0) is 11.5. The van der Waals surface area contributed by atoms with Crippen LogP contribution >= 0.6 is 0 Å². The Balaban J connectivity index is 2.23. The third-order valence-corrected chi connectivity index (χ3v) is 1.87. The summed E-state index contributed by atoms with van der Waals surface area (Å²) in [5, 5.41) is 8.58. The van der Waals surface area contributed by atoms with E-state index in [9.17, 15) is 13.6 Å². The van der Waals surface area contributed by atoms with Crippen LogP contribution in [0.5, 0.6) is 0 Å². The summed E-state index contributed by atoms with van der Waals surface area (Å²) < 4.78 is 25.5. The molecule has 4 nitrogen and oxygen atoms in total. The standard InChI is InChI=1S/C10H7F2N3O/c11-7-2-1-6(5-8(7)12)13-9-3-4-10(16)15-14-9/h1-5H,(H,13,14)(H,15,16). The summed E-state index contributed by atoms with van der Waals surface area (Å²) in [6.45, 7) is 0. The summed E-state index contributed by atoms with van der Waals surface area (Å²) in [7, 11) is 0. The topological polar surface area (TPSA) is 57.8 Å². The van der Waals surface area contributed by atoms with Crippen molar-refractivity contribution in [1.82, 2.24) is 10.2 Å². The van der Waals surface area contributed by atoms with Crippen LogP contribution in [-0.4, -0.2) is 10.2 Å². The second kappa shape index (κ2) is 4.09. The van der Waals surface area contributed by atoms with Crippen molar-refractivity contribution >= 4 is 11.5 Å². The average molecular weight is 223 g/mol. The fraction of sp³-hybridized carbons (Fsp3) is 0. The second-order valence-electron chi connectivity index (χ2n) is 3.06. The first-order valence-corrected chi connectivity index (χ1v) is 4.43. The molecule has 1 aromatic heterocycles. The van der Waals surface area contributed by atoms with E-state index in [4.69, 9.17) is 0 Å². The molecule has 82 valence electrons. The predicted molar refractivity (Wildman–Crippen MR) is 54.5 cm³/mol. The van der Waals surface area contributed by atoms with Gasteiger partial charge in [-0.25, -0.2) is 13.9 Å². The van der Waals surface area contributed by atoms with Crippen molar-refractivity contribution in [3.8, 4) is 0 Å². The SMILES string of the molecule is O=c1ccc(Nc2ccc(F)c(F)c2)n[nH]1. The molecule has 1 heterocycles. The van der Waals surface area contributed by atoms with Gasteiger partial charge in [-0.15, -0.1) is 0 Å². The van der Waals surface area contributed by atoms with E-state index in [0.29, 0.717) is 11.5 Å². The Labute approximate surface area is 88.9 Å². The van der Waals surface area contributed by atoms with Crippen LogP contribution in [-0.2, 0) is 0 Å². The highest BCUT2D eigenvalue weighted by atomic mass is 19.2. The molecule has 0 fully saturated rings.